The van der Waals surface area contributed by atoms with Gasteiger partial charge in [0.1, 0.15) is 17.7 Å². The number of nitro benzene ring substituents is 1. The van der Waals surface area contributed by atoms with Crippen molar-refractivity contribution in [2.24, 2.45) is 0 Å². The van der Waals surface area contributed by atoms with Gasteiger partial charge in [-0.1, -0.05) is 48.6 Å². The molecular formula is C28H29F2N3O3. The van der Waals surface area contributed by atoms with Crippen LogP contribution in [0.4, 0.5) is 14.5 Å². The summed E-state index contributed by atoms with van der Waals surface area (Å²) in [4.78, 5) is 15.4. The monoisotopic (exact) mass is 493 g/mol. The maximum Gasteiger partial charge on any atom is 0.276 e. The zero-order chi connectivity index (χ0) is 25.3. The van der Waals surface area contributed by atoms with Gasteiger partial charge in [-0.25, -0.2) is 8.78 Å². The van der Waals surface area contributed by atoms with E-state index >= 15 is 0 Å². The van der Waals surface area contributed by atoms with Crippen LogP contribution in [0.15, 0.2) is 78.9 Å². The number of nitro groups is 1. The molecule has 1 aliphatic heterocycles. The van der Waals surface area contributed by atoms with E-state index in [2.05, 4.69) is 9.80 Å². The number of rotatable bonds is 10. The molecule has 0 atom stereocenters. The predicted molar refractivity (Wildman–Crippen MR) is 136 cm³/mol. The minimum atomic E-state index is -0.403. The van der Waals surface area contributed by atoms with Crippen molar-refractivity contribution in [2.75, 3.05) is 45.9 Å². The molecule has 0 aromatic heterocycles. The molecule has 0 bridgehead atoms. The minimum Gasteiger partial charge on any atom is -0.367 e. The zero-order valence-corrected chi connectivity index (χ0v) is 19.9. The fourth-order valence-electron chi connectivity index (χ4n) is 4.28. The van der Waals surface area contributed by atoms with Crippen molar-refractivity contribution >= 4 is 11.8 Å². The van der Waals surface area contributed by atoms with Gasteiger partial charge in [-0.05, 0) is 41.5 Å². The van der Waals surface area contributed by atoms with Gasteiger partial charge in [-0.3, -0.25) is 19.9 Å². The van der Waals surface area contributed by atoms with Crippen molar-refractivity contribution < 1.29 is 18.4 Å². The average molecular weight is 494 g/mol. The standard InChI is InChI=1S/C28H29F2N3O3/c29-25-11-7-23(8-12-25)28(24-9-13-26(30)14-10-24)36-21-20-32-18-16-31(17-19-32)15-3-5-22-4-1-2-6-27(22)33(34)35/h1-14,28H,15-21H2/b5-3+. The Kier molecular flexibility index (Phi) is 8.89. The summed E-state index contributed by atoms with van der Waals surface area (Å²) in [5.74, 6) is -0.627. The Morgan fingerprint density at radius 3 is 2.00 bits per heavy atom. The third-order valence-corrected chi connectivity index (χ3v) is 6.30. The number of hydrogen-bond acceptors (Lipinski definition) is 5. The first-order chi connectivity index (χ1) is 17.5. The lowest BCUT2D eigenvalue weighted by atomic mass is 10.0. The van der Waals surface area contributed by atoms with Crippen LogP contribution in [0.5, 0.6) is 0 Å². The van der Waals surface area contributed by atoms with Gasteiger partial charge in [-0.2, -0.15) is 0 Å². The van der Waals surface area contributed by atoms with Crippen LogP contribution < -0.4 is 0 Å². The molecule has 36 heavy (non-hydrogen) atoms. The van der Waals surface area contributed by atoms with E-state index in [0.29, 0.717) is 12.2 Å². The van der Waals surface area contributed by atoms with E-state index in [-0.39, 0.29) is 22.2 Å². The number of nitrogens with zero attached hydrogens (tertiary/aromatic N) is 3. The van der Waals surface area contributed by atoms with Crippen LogP contribution in [-0.4, -0.2) is 60.6 Å². The van der Waals surface area contributed by atoms with Gasteiger partial charge in [0.05, 0.1) is 17.1 Å². The third-order valence-electron chi connectivity index (χ3n) is 6.30. The predicted octanol–water partition coefficient (Wildman–Crippen LogP) is 5.31. The molecule has 0 saturated carbocycles. The van der Waals surface area contributed by atoms with Crippen molar-refractivity contribution in [3.63, 3.8) is 0 Å². The van der Waals surface area contributed by atoms with Crippen LogP contribution in [0.3, 0.4) is 0 Å². The summed E-state index contributed by atoms with van der Waals surface area (Å²) in [6.07, 6.45) is 3.38. The van der Waals surface area contributed by atoms with Crippen LogP contribution in [0.1, 0.15) is 22.8 Å². The van der Waals surface area contributed by atoms with Crippen LogP contribution >= 0.6 is 0 Å². The molecule has 0 amide bonds. The molecule has 188 valence electrons. The summed E-state index contributed by atoms with van der Waals surface area (Å²) in [5, 5.41) is 11.2. The van der Waals surface area contributed by atoms with Gasteiger partial charge in [0.15, 0.2) is 0 Å². The summed E-state index contributed by atoms with van der Waals surface area (Å²) >= 11 is 0. The molecular weight excluding hydrogens is 464 g/mol. The van der Waals surface area contributed by atoms with Gasteiger partial charge >= 0.3 is 0 Å². The molecule has 8 heteroatoms. The largest absolute Gasteiger partial charge is 0.367 e. The highest BCUT2D eigenvalue weighted by Crippen LogP contribution is 2.26. The lowest BCUT2D eigenvalue weighted by molar-refractivity contribution is -0.385. The van der Waals surface area contributed by atoms with Crippen molar-refractivity contribution in [3.8, 4) is 0 Å². The topological polar surface area (TPSA) is 58.9 Å². The molecule has 0 spiro atoms. The van der Waals surface area contributed by atoms with Gasteiger partial charge in [-0.15, -0.1) is 0 Å². The minimum absolute atomic E-state index is 0.109. The molecule has 0 N–H and O–H groups in total. The molecule has 1 fully saturated rings. The fraction of sp³-hybridized carbons (Fsp3) is 0.286. The van der Waals surface area contributed by atoms with Gasteiger partial charge in [0.2, 0.25) is 0 Å². The second kappa shape index (κ2) is 12.5. The van der Waals surface area contributed by atoms with Gasteiger partial charge < -0.3 is 4.74 Å². The van der Waals surface area contributed by atoms with Crippen LogP contribution in [0.2, 0.25) is 0 Å². The number of para-hydroxylation sites is 1. The normalized spacial score (nSPS) is 15.1. The van der Waals surface area contributed by atoms with Gasteiger partial charge in [0.25, 0.3) is 5.69 Å². The summed E-state index contributed by atoms with van der Waals surface area (Å²) in [6, 6.07) is 19.1. The Hall–Kier alpha value is -3.46. The van der Waals surface area contributed by atoms with Gasteiger partial charge in [0, 0.05) is 45.3 Å². The van der Waals surface area contributed by atoms with E-state index in [9.17, 15) is 18.9 Å². The number of piperazine rings is 1. The van der Waals surface area contributed by atoms with Crippen molar-refractivity contribution in [1.29, 1.82) is 0 Å². The van der Waals surface area contributed by atoms with Crippen LogP contribution in [0.25, 0.3) is 6.08 Å². The smallest absolute Gasteiger partial charge is 0.276 e. The van der Waals surface area contributed by atoms with Crippen LogP contribution in [-0.2, 0) is 4.74 Å². The van der Waals surface area contributed by atoms with E-state index in [1.807, 2.05) is 12.2 Å². The summed E-state index contributed by atoms with van der Waals surface area (Å²) in [7, 11) is 0. The van der Waals surface area contributed by atoms with Crippen molar-refractivity contribution in [2.45, 2.75) is 6.10 Å². The molecule has 1 saturated heterocycles. The number of benzene rings is 3. The Bertz CT molecular complexity index is 1120. The number of hydrogen-bond donors (Lipinski definition) is 0. The molecule has 3 aromatic rings. The maximum atomic E-state index is 13.4. The lowest BCUT2D eigenvalue weighted by Gasteiger charge is -2.34. The first-order valence-corrected chi connectivity index (χ1v) is 12.0. The van der Waals surface area contributed by atoms with E-state index in [0.717, 1.165) is 50.4 Å². The summed E-state index contributed by atoms with van der Waals surface area (Å²) in [5.41, 5.74) is 2.35. The molecule has 6 nitrogen and oxygen atoms in total. The maximum absolute atomic E-state index is 13.4. The first-order valence-electron chi connectivity index (χ1n) is 12.0. The Morgan fingerprint density at radius 2 is 1.42 bits per heavy atom. The molecule has 1 aliphatic rings. The lowest BCUT2D eigenvalue weighted by Crippen LogP contribution is -2.47. The average Bonchev–Trinajstić information content (AvgIpc) is 2.89. The Labute approximate surface area is 209 Å². The second-order valence-corrected chi connectivity index (χ2v) is 8.71. The molecule has 4 rings (SSSR count). The summed E-state index contributed by atoms with van der Waals surface area (Å²) < 4.78 is 33.0. The van der Waals surface area contributed by atoms with E-state index in [4.69, 9.17) is 4.74 Å². The number of halogens is 2. The first kappa shape index (κ1) is 25.6. The third kappa shape index (κ3) is 7.04. The van der Waals surface area contributed by atoms with Crippen molar-refractivity contribution in [1.82, 2.24) is 9.80 Å². The molecule has 1 heterocycles. The Balaban J connectivity index is 1.26. The highest BCUT2D eigenvalue weighted by molar-refractivity contribution is 5.60. The van der Waals surface area contributed by atoms with E-state index < -0.39 is 6.10 Å². The zero-order valence-electron chi connectivity index (χ0n) is 19.9. The molecule has 0 aliphatic carbocycles. The second-order valence-electron chi connectivity index (χ2n) is 8.71. The SMILES string of the molecule is O=[N+]([O-])c1ccccc1/C=C/CN1CCN(CCOC(c2ccc(F)cc2)c2ccc(F)cc2)CC1. The highest BCUT2D eigenvalue weighted by Gasteiger charge is 2.19. The van der Waals surface area contributed by atoms with E-state index in [1.54, 1.807) is 42.5 Å². The fourth-order valence-corrected chi connectivity index (χ4v) is 4.28. The van der Waals surface area contributed by atoms with Crippen LogP contribution in [0, 0.1) is 21.7 Å². The van der Waals surface area contributed by atoms with E-state index in [1.165, 1.54) is 30.3 Å². The summed E-state index contributed by atoms with van der Waals surface area (Å²) in [6.45, 7) is 5.52. The number of ether oxygens (including phenoxy) is 1. The quantitative estimate of drug-likeness (QED) is 0.283. The van der Waals surface area contributed by atoms with Crippen molar-refractivity contribution in [3.05, 3.63) is 117 Å². The highest BCUT2D eigenvalue weighted by atomic mass is 19.1. The Morgan fingerprint density at radius 1 is 0.861 bits per heavy atom. The molecule has 3 aromatic carbocycles. The molecule has 0 radical (unpaired) electrons. The molecule has 0 unspecified atom stereocenters.